The van der Waals surface area contributed by atoms with E-state index in [4.69, 9.17) is 10.6 Å². The molecule has 80 valence electrons. The third kappa shape index (κ3) is 5.36. The minimum atomic E-state index is -1.86. The first-order valence-corrected chi connectivity index (χ1v) is 3.99. The largest absolute Gasteiger partial charge is 0.481 e. The fraction of sp³-hybridized carbons (Fsp3) is 0.857. The highest BCUT2D eigenvalue weighted by atomic mass is 16.4. The molecular weight excluding hydrogens is 188 g/mol. The van der Waals surface area contributed by atoms with Crippen LogP contribution in [0.15, 0.2) is 5.11 Å². The van der Waals surface area contributed by atoms with Gasteiger partial charge in [-0.05, 0) is 5.53 Å². The van der Waals surface area contributed by atoms with E-state index in [1.807, 2.05) is 0 Å². The molecule has 1 unspecified atom stereocenters. The van der Waals surface area contributed by atoms with E-state index in [2.05, 4.69) is 10.0 Å². The maximum atomic E-state index is 10.4. The van der Waals surface area contributed by atoms with Gasteiger partial charge in [0.05, 0.1) is 27.6 Å². The first-order valence-electron chi connectivity index (χ1n) is 3.99. The molecule has 0 radical (unpaired) electrons. The molecule has 0 aromatic heterocycles. The lowest BCUT2D eigenvalue weighted by Crippen LogP contribution is -2.49. The molecule has 1 atom stereocenters. The lowest BCUT2D eigenvalue weighted by atomic mass is 10.1. The van der Waals surface area contributed by atoms with Crippen molar-refractivity contribution in [1.29, 1.82) is 0 Å². The van der Waals surface area contributed by atoms with Crippen LogP contribution in [0.4, 0.5) is 0 Å². The topological polar surface area (TPSA) is 106 Å². The van der Waals surface area contributed by atoms with Crippen LogP contribution in [0.2, 0.25) is 0 Å². The van der Waals surface area contributed by atoms with Gasteiger partial charge in [0.1, 0.15) is 6.54 Å². The lowest BCUT2D eigenvalue weighted by Gasteiger charge is -2.31. The number of hydrogen-bond acceptors (Lipinski definition) is 3. The number of carboxylic acids is 1. The Morgan fingerprint density at radius 2 is 2.07 bits per heavy atom. The van der Waals surface area contributed by atoms with Gasteiger partial charge < -0.3 is 14.7 Å². The average molecular weight is 203 g/mol. The van der Waals surface area contributed by atoms with E-state index < -0.39 is 18.1 Å². The SMILES string of the molecule is C[N+](C)(C)CC(O)(CC(=O)O)N=[N+]=[N-]. The van der Waals surface area contributed by atoms with Crippen molar-refractivity contribution in [2.45, 2.75) is 12.1 Å². The standard InChI is InChI=1S/C7H14N4O3/c1-11(2,3)5-7(14,9-10-8)4-6(12)13/h14H,4-5H2,1-3H3/p+1. The van der Waals surface area contributed by atoms with Gasteiger partial charge in [-0.25, -0.2) is 0 Å². The van der Waals surface area contributed by atoms with Gasteiger partial charge in [0.2, 0.25) is 5.72 Å². The van der Waals surface area contributed by atoms with Crippen LogP contribution in [-0.2, 0) is 4.79 Å². The van der Waals surface area contributed by atoms with Crippen molar-refractivity contribution in [1.82, 2.24) is 0 Å². The van der Waals surface area contributed by atoms with E-state index >= 15 is 0 Å². The van der Waals surface area contributed by atoms with Crippen LogP contribution in [0.5, 0.6) is 0 Å². The molecule has 0 aliphatic rings. The molecule has 0 saturated heterocycles. The highest BCUT2D eigenvalue weighted by Gasteiger charge is 2.35. The van der Waals surface area contributed by atoms with Crippen molar-refractivity contribution in [3.05, 3.63) is 10.4 Å². The Hall–Kier alpha value is -1.30. The Morgan fingerprint density at radius 1 is 1.57 bits per heavy atom. The fourth-order valence-corrected chi connectivity index (χ4v) is 1.21. The smallest absolute Gasteiger partial charge is 0.306 e. The second kappa shape index (κ2) is 4.28. The second-order valence-electron chi connectivity index (χ2n) is 4.19. The Bertz CT molecular complexity index is 267. The number of carboxylic acid groups (broad SMARTS) is 1. The number of rotatable bonds is 5. The maximum absolute atomic E-state index is 10.4. The van der Waals surface area contributed by atoms with E-state index in [0.29, 0.717) is 4.48 Å². The van der Waals surface area contributed by atoms with E-state index in [1.54, 1.807) is 21.1 Å². The van der Waals surface area contributed by atoms with Crippen LogP contribution in [0, 0.1) is 0 Å². The molecule has 0 aliphatic heterocycles. The summed E-state index contributed by atoms with van der Waals surface area (Å²) in [4.78, 5) is 12.9. The molecule has 7 heteroatoms. The molecular formula is C7H15N4O3+. The molecule has 0 bridgehead atoms. The highest BCUT2D eigenvalue weighted by molar-refractivity contribution is 5.68. The number of azide groups is 1. The summed E-state index contributed by atoms with van der Waals surface area (Å²) in [5.41, 5.74) is 6.35. The van der Waals surface area contributed by atoms with Gasteiger partial charge in [0.15, 0.2) is 0 Å². The fourth-order valence-electron chi connectivity index (χ4n) is 1.21. The number of aliphatic hydroxyl groups is 1. The molecule has 0 saturated carbocycles. The molecule has 14 heavy (non-hydrogen) atoms. The number of likely N-dealkylation sites (N-methyl/N-ethyl adjacent to an activating group) is 1. The van der Waals surface area contributed by atoms with E-state index in [0.717, 1.165) is 0 Å². The monoisotopic (exact) mass is 203 g/mol. The molecule has 0 rings (SSSR count). The zero-order chi connectivity index (χ0) is 11.4. The van der Waals surface area contributed by atoms with Gasteiger partial charge in [-0.1, -0.05) is 5.11 Å². The summed E-state index contributed by atoms with van der Waals surface area (Å²) in [6, 6.07) is 0. The van der Waals surface area contributed by atoms with Crippen LogP contribution < -0.4 is 0 Å². The number of hydrogen-bond donors (Lipinski definition) is 2. The Labute approximate surface area is 81.8 Å². The van der Waals surface area contributed by atoms with Crippen LogP contribution >= 0.6 is 0 Å². The molecule has 0 heterocycles. The summed E-state index contributed by atoms with van der Waals surface area (Å²) in [5, 5.41) is 21.3. The van der Waals surface area contributed by atoms with Crippen molar-refractivity contribution in [3.8, 4) is 0 Å². The average Bonchev–Trinajstić information content (AvgIpc) is 1.78. The third-order valence-electron chi connectivity index (χ3n) is 1.39. The normalized spacial score (nSPS) is 15.4. The molecule has 0 amide bonds. The minimum Gasteiger partial charge on any atom is -0.481 e. The van der Waals surface area contributed by atoms with Crippen LogP contribution in [0.3, 0.4) is 0 Å². The molecule has 0 spiro atoms. The van der Waals surface area contributed by atoms with E-state index in [1.165, 1.54) is 0 Å². The van der Waals surface area contributed by atoms with Crippen molar-refractivity contribution >= 4 is 5.97 Å². The van der Waals surface area contributed by atoms with Gasteiger partial charge in [0, 0.05) is 4.91 Å². The molecule has 2 N–H and O–H groups in total. The second-order valence-corrected chi connectivity index (χ2v) is 4.19. The molecule has 0 aromatic carbocycles. The summed E-state index contributed by atoms with van der Waals surface area (Å²) in [6.45, 7) is 0.0450. The quantitative estimate of drug-likeness (QED) is 0.288. The summed E-state index contributed by atoms with van der Waals surface area (Å²) in [7, 11) is 5.29. The minimum absolute atomic E-state index is 0.0450. The Morgan fingerprint density at radius 3 is 2.36 bits per heavy atom. The van der Waals surface area contributed by atoms with E-state index in [9.17, 15) is 9.90 Å². The first kappa shape index (κ1) is 12.7. The highest BCUT2D eigenvalue weighted by Crippen LogP contribution is 2.16. The summed E-state index contributed by atoms with van der Waals surface area (Å²) in [5.74, 6) is -1.20. The number of carbonyl (C=O) groups is 1. The maximum Gasteiger partial charge on any atom is 0.306 e. The Kier molecular flexibility index (Phi) is 3.88. The summed E-state index contributed by atoms with van der Waals surface area (Å²) < 4.78 is 0.308. The zero-order valence-corrected chi connectivity index (χ0v) is 8.51. The third-order valence-corrected chi connectivity index (χ3v) is 1.39. The predicted molar refractivity (Wildman–Crippen MR) is 49.2 cm³/mol. The molecule has 0 aromatic rings. The molecule has 0 fully saturated rings. The predicted octanol–water partition coefficient (Wildman–Crippen LogP) is 0.166. The van der Waals surface area contributed by atoms with Crippen LogP contribution in [0.1, 0.15) is 6.42 Å². The van der Waals surface area contributed by atoms with Crippen LogP contribution in [-0.4, -0.2) is 54.1 Å². The van der Waals surface area contributed by atoms with Gasteiger partial charge in [0.25, 0.3) is 0 Å². The Balaban J connectivity index is 4.72. The first-order chi connectivity index (χ1) is 6.18. The number of aliphatic carboxylic acids is 1. The van der Waals surface area contributed by atoms with Gasteiger partial charge in [-0.2, -0.15) is 0 Å². The van der Waals surface area contributed by atoms with Crippen LogP contribution in [0.25, 0.3) is 10.4 Å². The number of quaternary nitrogens is 1. The zero-order valence-electron chi connectivity index (χ0n) is 8.51. The summed E-state index contributed by atoms with van der Waals surface area (Å²) in [6.07, 6.45) is -0.591. The van der Waals surface area contributed by atoms with Gasteiger partial charge >= 0.3 is 5.97 Å². The van der Waals surface area contributed by atoms with Crippen molar-refractivity contribution in [3.63, 3.8) is 0 Å². The molecule has 0 aliphatic carbocycles. The van der Waals surface area contributed by atoms with Gasteiger partial charge in [-0.3, -0.25) is 4.79 Å². The number of nitrogens with zero attached hydrogens (tertiary/aromatic N) is 4. The van der Waals surface area contributed by atoms with Crippen molar-refractivity contribution < 1.29 is 19.5 Å². The molecule has 7 nitrogen and oxygen atoms in total. The van der Waals surface area contributed by atoms with E-state index in [-0.39, 0.29) is 6.54 Å². The summed E-state index contributed by atoms with van der Waals surface area (Å²) >= 11 is 0. The van der Waals surface area contributed by atoms with Gasteiger partial charge in [-0.15, -0.1) is 0 Å². The van der Waals surface area contributed by atoms with Crippen molar-refractivity contribution in [2.24, 2.45) is 5.11 Å². The lowest BCUT2D eigenvalue weighted by molar-refractivity contribution is -0.877. The van der Waals surface area contributed by atoms with Crippen molar-refractivity contribution in [2.75, 3.05) is 27.7 Å².